The number of amides is 2. The lowest BCUT2D eigenvalue weighted by atomic mass is 9.84. The maximum Gasteiger partial charge on any atom is 0.342 e. The zero-order valence-electron chi connectivity index (χ0n) is 24.1. The zero-order chi connectivity index (χ0) is 30.3. The topological polar surface area (TPSA) is 189 Å². The summed E-state index contributed by atoms with van der Waals surface area (Å²) in [7, 11) is 0. The normalized spacial score (nSPS) is 28.8. The molecule has 39 heavy (non-hydrogen) atoms. The Hall–Kier alpha value is -1.41. The van der Waals surface area contributed by atoms with Crippen molar-refractivity contribution in [3.05, 3.63) is 4.91 Å². The van der Waals surface area contributed by atoms with E-state index in [1.54, 1.807) is 5.32 Å². The summed E-state index contributed by atoms with van der Waals surface area (Å²) in [6.07, 6.45) is 3.59. The van der Waals surface area contributed by atoms with Gasteiger partial charge in [-0.2, -0.15) is 5.01 Å². The van der Waals surface area contributed by atoms with Crippen LogP contribution in [0.2, 0.25) is 0 Å². The van der Waals surface area contributed by atoms with Gasteiger partial charge in [-0.15, -0.1) is 16.5 Å². The standard InChI is InChI=1S/C26H48ClN3O9/c1-3-4-5-6-7-8-9-10-11-12-13-14-15-16-19(31)20(32)22-21(33)23(34)26(37,25(2,36)39-22)28-24(35)30(29-38)18-17-27/h20-23,32-34,36-37H,3-18H2,1-2H3,(H,28,35)/t20?,21-,22-,23+,25?,26-/m1/s1/i15D/t15?,20?,21-,22-,23+,25?,26-. The summed E-state index contributed by atoms with van der Waals surface area (Å²) >= 11 is 5.48. The van der Waals surface area contributed by atoms with Gasteiger partial charge in [0.1, 0.15) is 24.4 Å². The second-order valence-corrected chi connectivity index (χ2v) is 10.7. The molecule has 228 valence electrons. The zero-order valence-corrected chi connectivity index (χ0v) is 23.9. The second-order valence-electron chi connectivity index (χ2n) is 10.3. The molecule has 1 rings (SSSR count). The van der Waals surface area contributed by atoms with E-state index in [-0.39, 0.29) is 23.9 Å². The predicted octanol–water partition coefficient (Wildman–Crippen LogP) is 2.85. The van der Waals surface area contributed by atoms with Crippen LogP contribution in [0.1, 0.15) is 105 Å². The summed E-state index contributed by atoms with van der Waals surface area (Å²) in [6.45, 7) is 2.66. The number of ketones is 1. The van der Waals surface area contributed by atoms with Crippen LogP contribution in [-0.2, 0) is 9.53 Å². The molecule has 6 N–H and O–H groups in total. The predicted molar refractivity (Wildman–Crippen MR) is 146 cm³/mol. The summed E-state index contributed by atoms with van der Waals surface area (Å²) in [5.74, 6) is -3.87. The Kier molecular flexibility index (Phi) is 15.7. The summed E-state index contributed by atoms with van der Waals surface area (Å²) in [4.78, 5) is 35.7. The summed E-state index contributed by atoms with van der Waals surface area (Å²) in [5, 5.41) is 57.6. The number of carbonyl (C=O) groups excluding carboxylic acids is 2. The molecule has 1 aliphatic rings. The van der Waals surface area contributed by atoms with Gasteiger partial charge >= 0.3 is 6.03 Å². The van der Waals surface area contributed by atoms with Gasteiger partial charge in [0, 0.05) is 13.7 Å². The number of aliphatic hydroxyl groups is 5. The van der Waals surface area contributed by atoms with Crippen molar-refractivity contribution >= 4 is 23.4 Å². The molecule has 13 heteroatoms. The highest BCUT2D eigenvalue weighted by Gasteiger charge is 2.64. The van der Waals surface area contributed by atoms with Gasteiger partial charge in [-0.1, -0.05) is 84.0 Å². The van der Waals surface area contributed by atoms with Crippen LogP contribution in [0.4, 0.5) is 4.79 Å². The number of urea groups is 1. The van der Waals surface area contributed by atoms with Crippen LogP contribution >= 0.6 is 11.6 Å². The van der Waals surface area contributed by atoms with Gasteiger partial charge in [-0.25, -0.2) is 4.79 Å². The number of aliphatic hydroxyl groups excluding tert-OH is 3. The molecule has 1 fully saturated rings. The van der Waals surface area contributed by atoms with Gasteiger partial charge in [0.2, 0.25) is 11.5 Å². The van der Waals surface area contributed by atoms with Crippen molar-refractivity contribution in [2.24, 2.45) is 5.29 Å². The molecule has 0 aromatic rings. The summed E-state index contributed by atoms with van der Waals surface area (Å²) in [5.41, 5.74) is -3.06. The Labute approximate surface area is 237 Å². The fourth-order valence-electron chi connectivity index (χ4n) is 4.56. The maximum atomic E-state index is 12.6. The Morgan fingerprint density at radius 1 is 1.05 bits per heavy atom. The number of alkyl halides is 1. The van der Waals surface area contributed by atoms with Crippen LogP contribution < -0.4 is 5.32 Å². The van der Waals surface area contributed by atoms with Crippen LogP contribution in [0, 0.1) is 4.91 Å². The molecule has 1 heterocycles. The second kappa shape index (κ2) is 18.1. The fourth-order valence-corrected chi connectivity index (χ4v) is 4.72. The van der Waals surface area contributed by atoms with Crippen molar-refractivity contribution in [3.63, 3.8) is 0 Å². The van der Waals surface area contributed by atoms with Gasteiger partial charge < -0.3 is 35.6 Å². The molecule has 0 bridgehead atoms. The molecular weight excluding hydrogens is 534 g/mol. The van der Waals surface area contributed by atoms with E-state index in [1.807, 2.05) is 0 Å². The highest BCUT2D eigenvalue weighted by Crippen LogP contribution is 2.36. The molecule has 0 spiro atoms. The molecule has 0 aliphatic carbocycles. The minimum absolute atomic E-state index is 0.192. The molecule has 0 aromatic carbocycles. The SMILES string of the molecule is [2H]C(CCCCCCCCCCCCC)CC(=O)C(O)[C@H]1OC(C)(O)[C@@](O)(NC(=O)N(CCCl)N=O)[C@@H](O)[C@@H]1O. The number of nitroso groups, excluding NO2 is 1. The Balaban J connectivity index is 2.54. The Morgan fingerprint density at radius 3 is 2.05 bits per heavy atom. The lowest BCUT2D eigenvalue weighted by Gasteiger charge is -2.52. The smallest absolute Gasteiger partial charge is 0.342 e. The molecule has 0 saturated carbocycles. The van der Waals surface area contributed by atoms with E-state index in [4.69, 9.17) is 17.7 Å². The van der Waals surface area contributed by atoms with E-state index in [2.05, 4.69) is 12.2 Å². The van der Waals surface area contributed by atoms with Crippen LogP contribution in [0.15, 0.2) is 5.29 Å². The molecule has 2 amide bonds. The third kappa shape index (κ3) is 10.8. The monoisotopic (exact) mass is 582 g/mol. The minimum atomic E-state index is -3.06. The first-order chi connectivity index (χ1) is 18.9. The Morgan fingerprint density at radius 2 is 1.56 bits per heavy atom. The van der Waals surface area contributed by atoms with Gasteiger partial charge in [0.25, 0.3) is 0 Å². The Bertz CT molecular complexity index is 782. The molecule has 7 atom stereocenters. The third-order valence-electron chi connectivity index (χ3n) is 7.09. The highest BCUT2D eigenvalue weighted by molar-refractivity contribution is 6.18. The van der Waals surface area contributed by atoms with E-state index in [9.17, 15) is 40.0 Å². The van der Waals surface area contributed by atoms with E-state index in [0.717, 1.165) is 32.6 Å². The maximum absolute atomic E-state index is 12.6. The molecule has 1 aliphatic heterocycles. The molecule has 1 saturated heterocycles. The molecule has 3 unspecified atom stereocenters. The number of hydrogen-bond donors (Lipinski definition) is 6. The highest BCUT2D eigenvalue weighted by atomic mass is 35.5. The molecular formula is C26H48ClN3O9. The number of carbonyl (C=O) groups is 2. The number of ether oxygens (including phenoxy) is 1. The van der Waals surface area contributed by atoms with Crippen molar-refractivity contribution in [1.29, 1.82) is 0 Å². The first-order valence-electron chi connectivity index (χ1n) is 14.5. The largest absolute Gasteiger partial charge is 0.387 e. The quantitative estimate of drug-likeness (QED) is 0.0412. The van der Waals surface area contributed by atoms with Crippen LogP contribution in [0.5, 0.6) is 0 Å². The molecule has 0 aromatic heterocycles. The number of nitrogens with one attached hydrogen (secondary N) is 1. The number of halogens is 1. The number of rotatable bonds is 20. The summed E-state index contributed by atoms with van der Waals surface area (Å²) < 4.78 is 13.3. The van der Waals surface area contributed by atoms with E-state index >= 15 is 0 Å². The minimum Gasteiger partial charge on any atom is -0.387 e. The average molecular weight is 583 g/mol. The van der Waals surface area contributed by atoms with Gasteiger partial charge in [0.05, 0.1) is 11.8 Å². The van der Waals surface area contributed by atoms with E-state index < -0.39 is 54.1 Å². The lowest BCUT2D eigenvalue weighted by molar-refractivity contribution is -0.390. The van der Waals surface area contributed by atoms with Crippen molar-refractivity contribution in [2.45, 2.75) is 140 Å². The first kappa shape index (κ1) is 33.8. The van der Waals surface area contributed by atoms with Crippen molar-refractivity contribution in [2.75, 3.05) is 12.4 Å². The first-order valence-corrected chi connectivity index (χ1v) is 14.5. The summed E-state index contributed by atoms with van der Waals surface area (Å²) in [6, 6.07) is -1.36. The number of nitrogens with zero attached hydrogens (tertiary/aromatic N) is 2. The average Bonchev–Trinajstić information content (AvgIpc) is 2.91. The van der Waals surface area contributed by atoms with E-state index in [1.165, 1.54) is 44.9 Å². The van der Waals surface area contributed by atoms with Gasteiger partial charge in [0.15, 0.2) is 5.78 Å². The number of Topliss-reactive ketones (excluding diaryl/α,β-unsaturated/α-hetero) is 1. The van der Waals surface area contributed by atoms with Crippen molar-refractivity contribution < 1.29 is 41.2 Å². The molecule has 0 radical (unpaired) electrons. The van der Waals surface area contributed by atoms with Crippen molar-refractivity contribution in [3.8, 4) is 0 Å². The van der Waals surface area contributed by atoms with Gasteiger partial charge in [-0.3, -0.25) is 4.79 Å². The number of unbranched alkanes of at least 4 members (excludes halogenated alkanes) is 10. The van der Waals surface area contributed by atoms with E-state index in [0.29, 0.717) is 6.42 Å². The third-order valence-corrected chi connectivity index (χ3v) is 7.26. The van der Waals surface area contributed by atoms with Crippen LogP contribution in [-0.4, -0.2) is 90.7 Å². The molecule has 12 nitrogen and oxygen atoms in total. The van der Waals surface area contributed by atoms with Gasteiger partial charge in [-0.05, 0) is 13.3 Å². The number of hydrogen-bond acceptors (Lipinski definition) is 10. The van der Waals surface area contributed by atoms with Crippen LogP contribution in [0.25, 0.3) is 0 Å². The fraction of sp³-hybridized carbons (Fsp3) is 0.923. The lowest BCUT2D eigenvalue weighted by Crippen LogP contribution is -2.79. The van der Waals surface area contributed by atoms with Crippen molar-refractivity contribution in [1.82, 2.24) is 10.3 Å². The van der Waals surface area contributed by atoms with Crippen LogP contribution in [0.3, 0.4) is 0 Å².